The van der Waals surface area contributed by atoms with Gasteiger partial charge in [0.05, 0.1) is 12.3 Å². The third-order valence-corrected chi connectivity index (χ3v) is 4.22. The van der Waals surface area contributed by atoms with Crippen LogP contribution in [0.15, 0.2) is 29.1 Å². The Morgan fingerprint density at radius 3 is 2.85 bits per heavy atom. The Hall–Kier alpha value is -3.16. The summed E-state index contributed by atoms with van der Waals surface area (Å²) in [7, 11) is 0. The standard InChI is InChI=1S/C19H23N5O3/c1-4-27-16(25)9-8-15-13(3)21-19-22-18(23-24(19)17(15)26)20-11-14-7-5-6-12(2)10-14/h5-7,10H,4,8-9,11H2,1-3H3,(H2,20,21,22,23). The fourth-order valence-corrected chi connectivity index (χ4v) is 2.89. The van der Waals surface area contributed by atoms with Crippen molar-refractivity contribution in [3.05, 3.63) is 57.0 Å². The normalized spacial score (nSPS) is 10.9. The second kappa shape index (κ2) is 8.03. The van der Waals surface area contributed by atoms with Gasteiger partial charge in [-0.05, 0) is 32.8 Å². The molecule has 2 N–H and O–H groups in total. The largest absolute Gasteiger partial charge is 0.466 e. The highest BCUT2D eigenvalue weighted by Crippen LogP contribution is 2.10. The predicted octanol–water partition coefficient (Wildman–Crippen LogP) is 2.14. The number of esters is 1. The smallest absolute Gasteiger partial charge is 0.306 e. The maximum atomic E-state index is 12.7. The van der Waals surface area contributed by atoms with Crippen LogP contribution < -0.4 is 10.9 Å². The number of nitrogens with zero attached hydrogens (tertiary/aromatic N) is 3. The minimum atomic E-state index is -0.327. The zero-order valence-electron chi connectivity index (χ0n) is 15.7. The molecule has 0 aliphatic carbocycles. The highest BCUT2D eigenvalue weighted by Gasteiger charge is 2.15. The molecule has 8 heteroatoms. The fraction of sp³-hybridized carbons (Fsp3) is 0.368. The van der Waals surface area contributed by atoms with Crippen LogP contribution in [-0.4, -0.2) is 32.2 Å². The van der Waals surface area contributed by atoms with E-state index in [2.05, 4.69) is 26.4 Å². The maximum Gasteiger partial charge on any atom is 0.306 e. The molecule has 0 radical (unpaired) electrons. The van der Waals surface area contributed by atoms with Gasteiger partial charge < -0.3 is 10.1 Å². The lowest BCUT2D eigenvalue weighted by Crippen LogP contribution is -2.23. The molecule has 3 rings (SSSR count). The molecule has 0 saturated carbocycles. The second-order valence-corrected chi connectivity index (χ2v) is 6.34. The molecule has 0 fully saturated rings. The van der Waals surface area contributed by atoms with Gasteiger partial charge in [0.25, 0.3) is 11.3 Å². The van der Waals surface area contributed by atoms with Crippen molar-refractivity contribution in [2.45, 2.75) is 40.2 Å². The van der Waals surface area contributed by atoms with Crippen LogP contribution in [0.25, 0.3) is 5.78 Å². The van der Waals surface area contributed by atoms with E-state index >= 15 is 0 Å². The molecule has 0 unspecified atom stereocenters. The minimum Gasteiger partial charge on any atom is -0.466 e. The van der Waals surface area contributed by atoms with E-state index in [4.69, 9.17) is 4.74 Å². The van der Waals surface area contributed by atoms with Gasteiger partial charge in [-0.1, -0.05) is 29.8 Å². The Morgan fingerprint density at radius 2 is 2.11 bits per heavy atom. The van der Waals surface area contributed by atoms with Crippen LogP contribution in [0, 0.1) is 13.8 Å². The molecule has 0 spiro atoms. The SMILES string of the molecule is CCOC(=O)CCc1c(C)nc2nc(NCc3cccc(C)c3)[nH]n2c1=O. The Morgan fingerprint density at radius 1 is 1.30 bits per heavy atom. The molecule has 0 atom stereocenters. The number of nitrogens with one attached hydrogen (secondary N) is 2. The number of H-pyrrole nitrogens is 1. The Labute approximate surface area is 156 Å². The molecular formula is C19H23N5O3. The molecule has 0 aliphatic rings. The summed E-state index contributed by atoms with van der Waals surface area (Å²) in [6.45, 7) is 6.43. The van der Waals surface area contributed by atoms with Crippen molar-refractivity contribution < 1.29 is 9.53 Å². The van der Waals surface area contributed by atoms with E-state index in [1.807, 2.05) is 25.1 Å². The molecule has 1 aromatic carbocycles. The van der Waals surface area contributed by atoms with Gasteiger partial charge >= 0.3 is 5.97 Å². The van der Waals surface area contributed by atoms with Crippen LogP contribution in [0.1, 0.15) is 35.7 Å². The monoisotopic (exact) mass is 369 g/mol. The number of hydrogen-bond acceptors (Lipinski definition) is 6. The lowest BCUT2D eigenvalue weighted by Gasteiger charge is -2.04. The van der Waals surface area contributed by atoms with Crippen molar-refractivity contribution >= 4 is 17.7 Å². The number of aromatic nitrogens is 4. The average molecular weight is 369 g/mol. The molecule has 3 aromatic rings. The second-order valence-electron chi connectivity index (χ2n) is 6.34. The molecule has 8 nitrogen and oxygen atoms in total. The van der Waals surface area contributed by atoms with Crippen molar-refractivity contribution in [2.24, 2.45) is 0 Å². The first-order valence-electron chi connectivity index (χ1n) is 8.91. The summed E-state index contributed by atoms with van der Waals surface area (Å²) in [5.74, 6) is 0.429. The third kappa shape index (κ3) is 4.33. The number of carbonyl (C=O) groups is 1. The Kier molecular flexibility index (Phi) is 5.54. The third-order valence-electron chi connectivity index (χ3n) is 4.22. The highest BCUT2D eigenvalue weighted by molar-refractivity contribution is 5.69. The van der Waals surface area contributed by atoms with Gasteiger partial charge in [-0.25, -0.2) is 4.98 Å². The van der Waals surface area contributed by atoms with Crippen LogP contribution in [-0.2, 0) is 22.5 Å². The van der Waals surface area contributed by atoms with Crippen LogP contribution in [0.4, 0.5) is 5.95 Å². The summed E-state index contributed by atoms with van der Waals surface area (Å²) >= 11 is 0. The summed E-state index contributed by atoms with van der Waals surface area (Å²) in [6.07, 6.45) is 0.425. The van der Waals surface area contributed by atoms with Gasteiger partial charge in [-0.15, -0.1) is 0 Å². The van der Waals surface area contributed by atoms with Gasteiger partial charge in [0.1, 0.15) is 0 Å². The van der Waals surface area contributed by atoms with E-state index in [-0.39, 0.29) is 24.4 Å². The lowest BCUT2D eigenvalue weighted by atomic mass is 10.1. The molecule has 0 aliphatic heterocycles. The van der Waals surface area contributed by atoms with E-state index < -0.39 is 0 Å². The predicted molar refractivity (Wildman–Crippen MR) is 102 cm³/mol. The lowest BCUT2D eigenvalue weighted by molar-refractivity contribution is -0.143. The number of ether oxygens (including phenoxy) is 1. The maximum absolute atomic E-state index is 12.7. The first kappa shape index (κ1) is 18.6. The quantitative estimate of drug-likeness (QED) is 0.619. The average Bonchev–Trinajstić information content (AvgIpc) is 3.03. The number of rotatable bonds is 7. The number of hydrogen-bond donors (Lipinski definition) is 2. The van der Waals surface area contributed by atoms with E-state index in [1.54, 1.807) is 13.8 Å². The number of anilines is 1. The van der Waals surface area contributed by atoms with Gasteiger partial charge in [0.15, 0.2) is 0 Å². The zero-order chi connectivity index (χ0) is 19.4. The topological polar surface area (TPSA) is 101 Å². The highest BCUT2D eigenvalue weighted by atomic mass is 16.5. The molecule has 2 aromatic heterocycles. The van der Waals surface area contributed by atoms with Crippen LogP contribution in [0.3, 0.4) is 0 Å². The van der Waals surface area contributed by atoms with Crippen molar-refractivity contribution in [3.63, 3.8) is 0 Å². The van der Waals surface area contributed by atoms with Gasteiger partial charge in [0, 0.05) is 18.5 Å². The first-order valence-corrected chi connectivity index (χ1v) is 8.91. The number of aromatic amines is 1. The molecule has 142 valence electrons. The summed E-state index contributed by atoms with van der Waals surface area (Å²) in [5, 5.41) is 6.10. The van der Waals surface area contributed by atoms with E-state index in [1.165, 1.54) is 10.1 Å². The van der Waals surface area contributed by atoms with Gasteiger partial charge in [-0.3, -0.25) is 14.7 Å². The van der Waals surface area contributed by atoms with Crippen molar-refractivity contribution in [3.8, 4) is 0 Å². The molecule has 0 bridgehead atoms. The van der Waals surface area contributed by atoms with E-state index in [9.17, 15) is 9.59 Å². The number of fused-ring (bicyclic) bond motifs is 1. The van der Waals surface area contributed by atoms with Crippen molar-refractivity contribution in [2.75, 3.05) is 11.9 Å². The van der Waals surface area contributed by atoms with Gasteiger partial charge in [-0.2, -0.15) is 9.50 Å². The van der Waals surface area contributed by atoms with E-state index in [0.717, 1.165) is 5.56 Å². The molecule has 27 heavy (non-hydrogen) atoms. The Balaban J connectivity index is 1.79. The van der Waals surface area contributed by atoms with Crippen LogP contribution >= 0.6 is 0 Å². The van der Waals surface area contributed by atoms with Crippen LogP contribution in [0.5, 0.6) is 0 Å². The van der Waals surface area contributed by atoms with Gasteiger partial charge in [0.2, 0.25) is 5.95 Å². The Bertz CT molecular complexity index is 1020. The van der Waals surface area contributed by atoms with E-state index in [0.29, 0.717) is 36.1 Å². The molecule has 2 heterocycles. The molecule has 0 amide bonds. The van der Waals surface area contributed by atoms with Crippen molar-refractivity contribution in [1.29, 1.82) is 0 Å². The van der Waals surface area contributed by atoms with Crippen molar-refractivity contribution in [1.82, 2.24) is 19.6 Å². The molecular weight excluding hydrogens is 346 g/mol. The zero-order valence-corrected chi connectivity index (χ0v) is 15.7. The summed E-state index contributed by atoms with van der Waals surface area (Å²) < 4.78 is 6.22. The fourth-order valence-electron chi connectivity index (χ4n) is 2.89. The summed E-state index contributed by atoms with van der Waals surface area (Å²) in [5.41, 5.74) is 3.09. The summed E-state index contributed by atoms with van der Waals surface area (Å²) in [6, 6.07) is 8.13. The van der Waals surface area contributed by atoms with Crippen LogP contribution in [0.2, 0.25) is 0 Å². The minimum absolute atomic E-state index is 0.143. The molecule has 0 saturated heterocycles. The number of aryl methyl sites for hydroxylation is 2. The summed E-state index contributed by atoms with van der Waals surface area (Å²) in [4.78, 5) is 33.0. The first-order chi connectivity index (χ1) is 13.0. The number of carbonyl (C=O) groups excluding carboxylic acids is 1. The number of benzene rings is 1.